The number of benzene rings is 1. The lowest BCUT2D eigenvalue weighted by Crippen LogP contribution is -2.59. The van der Waals surface area contributed by atoms with Gasteiger partial charge in [0.05, 0.1) is 13.1 Å². The van der Waals surface area contributed by atoms with E-state index in [1.807, 2.05) is 24.3 Å². The summed E-state index contributed by atoms with van der Waals surface area (Å²) in [6, 6.07) is 7.61. The smallest absolute Gasteiger partial charge is 0.195 e. The lowest BCUT2D eigenvalue weighted by Gasteiger charge is -2.44. The Morgan fingerprint density at radius 3 is 2.59 bits per heavy atom. The molecule has 3 nitrogen and oxygen atoms in total. The lowest BCUT2D eigenvalue weighted by atomic mass is 10.0. The zero-order chi connectivity index (χ0) is 12.3. The van der Waals surface area contributed by atoms with Crippen LogP contribution in [0.15, 0.2) is 24.3 Å². The molecule has 1 fully saturated rings. The highest BCUT2D eigenvalue weighted by atomic mass is 16.3. The van der Waals surface area contributed by atoms with Crippen LogP contribution in [0.5, 0.6) is 0 Å². The van der Waals surface area contributed by atoms with Gasteiger partial charge in [0.2, 0.25) is 0 Å². The fourth-order valence-electron chi connectivity index (χ4n) is 2.82. The molecule has 0 aliphatic carbocycles. The number of rotatable bonds is 3. The predicted octanol–water partition coefficient (Wildman–Crippen LogP) is 2.33. The van der Waals surface area contributed by atoms with Crippen molar-refractivity contribution in [3.63, 3.8) is 0 Å². The Labute approximate surface area is 102 Å². The van der Waals surface area contributed by atoms with Gasteiger partial charge < -0.3 is 5.11 Å². The summed E-state index contributed by atoms with van der Waals surface area (Å²) >= 11 is 0. The monoisotopic (exact) mass is 234 g/mol. The van der Waals surface area contributed by atoms with Crippen LogP contribution in [0.2, 0.25) is 0 Å². The molecule has 1 heterocycles. The van der Waals surface area contributed by atoms with Crippen molar-refractivity contribution in [2.45, 2.75) is 32.4 Å². The van der Waals surface area contributed by atoms with Gasteiger partial charge in [-0.2, -0.15) is 0 Å². The SMILES string of the molecule is CC[N+]1(c2ccc(C=O)cc2)CCCCC1O. The predicted molar refractivity (Wildman–Crippen MR) is 68.9 cm³/mol. The van der Waals surface area contributed by atoms with Crippen LogP contribution in [-0.2, 0) is 0 Å². The summed E-state index contributed by atoms with van der Waals surface area (Å²) in [4.78, 5) is 10.7. The summed E-state index contributed by atoms with van der Waals surface area (Å²) in [6.45, 7) is 3.99. The first kappa shape index (κ1) is 12.3. The van der Waals surface area contributed by atoms with Crippen LogP contribution < -0.4 is 4.48 Å². The second-order valence-corrected chi connectivity index (χ2v) is 4.76. The van der Waals surface area contributed by atoms with Gasteiger partial charge in [0.25, 0.3) is 0 Å². The molecule has 0 amide bonds. The Morgan fingerprint density at radius 1 is 1.35 bits per heavy atom. The second-order valence-electron chi connectivity index (χ2n) is 4.76. The standard InChI is InChI=1S/C14H20NO2/c1-2-15(10-4-3-5-14(15)17)13-8-6-12(11-16)7-9-13/h6-9,11,14,17H,2-5,10H2,1H3/q+1. The topological polar surface area (TPSA) is 37.3 Å². The highest BCUT2D eigenvalue weighted by Crippen LogP contribution is 2.32. The van der Waals surface area contributed by atoms with E-state index >= 15 is 0 Å². The van der Waals surface area contributed by atoms with Crippen molar-refractivity contribution in [2.75, 3.05) is 13.1 Å². The zero-order valence-corrected chi connectivity index (χ0v) is 10.3. The number of hydrogen-bond acceptors (Lipinski definition) is 2. The average molecular weight is 234 g/mol. The van der Waals surface area contributed by atoms with E-state index in [0.29, 0.717) is 10.0 Å². The molecule has 1 aromatic carbocycles. The molecule has 1 N–H and O–H groups in total. The number of quaternary nitrogens is 1. The quantitative estimate of drug-likeness (QED) is 0.644. The third-order valence-corrected chi connectivity index (χ3v) is 3.95. The van der Waals surface area contributed by atoms with E-state index in [0.717, 1.165) is 44.3 Å². The van der Waals surface area contributed by atoms with Crippen LogP contribution >= 0.6 is 0 Å². The molecule has 1 saturated heterocycles. The lowest BCUT2D eigenvalue weighted by molar-refractivity contribution is -0.0148. The second kappa shape index (κ2) is 4.98. The molecule has 3 heteroatoms. The summed E-state index contributed by atoms with van der Waals surface area (Å²) in [6.07, 6.45) is 3.67. The third kappa shape index (κ3) is 2.13. The number of piperidine rings is 1. The summed E-state index contributed by atoms with van der Waals surface area (Å²) in [5, 5.41) is 10.3. The summed E-state index contributed by atoms with van der Waals surface area (Å²) in [5.74, 6) is 0. The van der Waals surface area contributed by atoms with Crippen molar-refractivity contribution in [1.29, 1.82) is 0 Å². The molecular weight excluding hydrogens is 214 g/mol. The minimum absolute atomic E-state index is 0.309. The van der Waals surface area contributed by atoms with Gasteiger partial charge in [-0.25, -0.2) is 0 Å². The molecule has 0 bridgehead atoms. The molecule has 0 radical (unpaired) electrons. The van der Waals surface area contributed by atoms with Crippen molar-refractivity contribution in [2.24, 2.45) is 0 Å². The Bertz CT molecular complexity index is 388. The molecular formula is C14H20NO2+. The number of likely N-dealkylation sites (tertiary alicyclic amines) is 1. The summed E-state index contributed by atoms with van der Waals surface area (Å²) in [7, 11) is 0. The number of aliphatic hydroxyl groups is 1. The molecule has 1 aliphatic rings. The zero-order valence-electron chi connectivity index (χ0n) is 10.3. The van der Waals surface area contributed by atoms with E-state index in [9.17, 15) is 9.90 Å². The highest BCUT2D eigenvalue weighted by molar-refractivity contribution is 5.75. The first-order valence-corrected chi connectivity index (χ1v) is 6.33. The first-order valence-electron chi connectivity index (χ1n) is 6.33. The fraction of sp³-hybridized carbons (Fsp3) is 0.500. The number of carbonyl (C=O) groups is 1. The number of aliphatic hydroxyl groups excluding tert-OH is 1. The number of carbonyl (C=O) groups excluding carboxylic acids is 1. The van der Waals surface area contributed by atoms with E-state index in [-0.39, 0.29) is 6.23 Å². The molecule has 0 spiro atoms. The van der Waals surface area contributed by atoms with E-state index < -0.39 is 0 Å². The van der Waals surface area contributed by atoms with Crippen molar-refractivity contribution in [3.8, 4) is 0 Å². The molecule has 92 valence electrons. The normalized spacial score (nSPS) is 28.9. The molecule has 17 heavy (non-hydrogen) atoms. The molecule has 2 atom stereocenters. The van der Waals surface area contributed by atoms with Gasteiger partial charge in [0.15, 0.2) is 6.23 Å². The van der Waals surface area contributed by atoms with Gasteiger partial charge in [-0.3, -0.25) is 9.28 Å². The van der Waals surface area contributed by atoms with Crippen molar-refractivity contribution < 1.29 is 9.90 Å². The average Bonchev–Trinajstić information content (AvgIpc) is 2.40. The molecule has 0 aromatic heterocycles. The van der Waals surface area contributed by atoms with Crippen LogP contribution in [0, 0.1) is 0 Å². The number of aldehydes is 1. The maximum Gasteiger partial charge on any atom is 0.195 e. The minimum Gasteiger partial charge on any atom is -0.344 e. The maximum atomic E-state index is 10.7. The molecule has 2 unspecified atom stereocenters. The van der Waals surface area contributed by atoms with E-state index in [1.54, 1.807) is 0 Å². The molecule has 1 aromatic rings. The van der Waals surface area contributed by atoms with Crippen LogP contribution in [0.25, 0.3) is 0 Å². The number of nitrogens with zero attached hydrogens (tertiary/aromatic N) is 1. The van der Waals surface area contributed by atoms with E-state index in [2.05, 4.69) is 6.92 Å². The Kier molecular flexibility index (Phi) is 3.60. The van der Waals surface area contributed by atoms with Gasteiger partial charge in [-0.05, 0) is 44.0 Å². The Hall–Kier alpha value is -1.19. The van der Waals surface area contributed by atoms with Gasteiger partial charge >= 0.3 is 0 Å². The van der Waals surface area contributed by atoms with Crippen LogP contribution in [-0.4, -0.2) is 30.7 Å². The van der Waals surface area contributed by atoms with Gasteiger partial charge in [-0.1, -0.05) is 0 Å². The van der Waals surface area contributed by atoms with Crippen molar-refractivity contribution in [3.05, 3.63) is 29.8 Å². The maximum absolute atomic E-state index is 10.7. The van der Waals surface area contributed by atoms with Gasteiger partial charge in [0, 0.05) is 12.0 Å². The van der Waals surface area contributed by atoms with E-state index in [4.69, 9.17) is 0 Å². The Balaban J connectivity index is 2.35. The fourth-order valence-corrected chi connectivity index (χ4v) is 2.82. The van der Waals surface area contributed by atoms with Crippen LogP contribution in [0.4, 0.5) is 5.69 Å². The van der Waals surface area contributed by atoms with Crippen molar-refractivity contribution >= 4 is 12.0 Å². The molecule has 2 rings (SSSR count). The number of hydrogen-bond donors (Lipinski definition) is 1. The van der Waals surface area contributed by atoms with Crippen LogP contribution in [0.3, 0.4) is 0 Å². The van der Waals surface area contributed by atoms with Crippen LogP contribution in [0.1, 0.15) is 36.5 Å². The van der Waals surface area contributed by atoms with E-state index in [1.165, 1.54) is 0 Å². The third-order valence-electron chi connectivity index (χ3n) is 3.95. The minimum atomic E-state index is -0.309. The summed E-state index contributed by atoms with van der Waals surface area (Å²) < 4.78 is 0.638. The van der Waals surface area contributed by atoms with Gasteiger partial charge in [-0.15, -0.1) is 0 Å². The van der Waals surface area contributed by atoms with Crippen molar-refractivity contribution in [1.82, 2.24) is 4.48 Å². The molecule has 1 aliphatic heterocycles. The highest BCUT2D eigenvalue weighted by Gasteiger charge is 2.38. The van der Waals surface area contributed by atoms with Gasteiger partial charge in [0.1, 0.15) is 12.0 Å². The Morgan fingerprint density at radius 2 is 2.06 bits per heavy atom. The largest absolute Gasteiger partial charge is 0.344 e. The summed E-state index contributed by atoms with van der Waals surface area (Å²) in [5.41, 5.74) is 1.81. The first-order chi connectivity index (χ1) is 8.23. The molecule has 0 saturated carbocycles.